The van der Waals surface area contributed by atoms with Gasteiger partial charge in [-0.25, -0.2) is 14.4 Å². The lowest BCUT2D eigenvalue weighted by Gasteiger charge is -2.15. The molecule has 5 aromatic rings. The molecule has 1 atom stereocenters. The van der Waals surface area contributed by atoms with Crippen LogP contribution in [0.5, 0.6) is 0 Å². The monoisotopic (exact) mass is 634 g/mol. The summed E-state index contributed by atoms with van der Waals surface area (Å²) >= 11 is 0. The van der Waals surface area contributed by atoms with Crippen molar-refractivity contribution < 1.29 is 26.9 Å². The van der Waals surface area contributed by atoms with Crippen LogP contribution in [0.1, 0.15) is 16.8 Å². The fraction of sp³-hybridized carbons (Fsp3) is 0.226. The van der Waals surface area contributed by atoms with Crippen molar-refractivity contribution in [3.05, 3.63) is 95.1 Å². The number of nitrogens with zero attached hydrogens (tertiary/aromatic N) is 4. The SMILES string of the molecule is CS(=O)(=O)O.Cn1cc(-c2ccc(NC(=O)c3cn(CC4CCOC4)cc(-c4ccc(F)cc4)c3=O)cc2)c2c(N)ncnc21. The number of aryl methyl sites for hydroxylation is 1. The number of hydrogen-bond acceptors (Lipinski definition) is 8. The van der Waals surface area contributed by atoms with E-state index in [1.165, 1.54) is 18.5 Å². The first-order valence-corrected chi connectivity index (χ1v) is 15.7. The predicted molar refractivity (Wildman–Crippen MR) is 169 cm³/mol. The molecule has 1 aliphatic heterocycles. The fourth-order valence-electron chi connectivity index (χ4n) is 5.14. The van der Waals surface area contributed by atoms with Gasteiger partial charge in [0, 0.05) is 61.5 Å². The second-order valence-corrected chi connectivity index (χ2v) is 12.2. The maximum absolute atomic E-state index is 13.6. The molecular formula is C31H31FN6O6S. The number of carbonyl (C=O) groups is 1. The lowest BCUT2D eigenvalue weighted by molar-refractivity contribution is 0.102. The van der Waals surface area contributed by atoms with E-state index in [0.29, 0.717) is 48.6 Å². The summed E-state index contributed by atoms with van der Waals surface area (Å²) in [5, 5.41) is 3.61. The smallest absolute Gasteiger partial charge is 0.261 e. The number of aromatic nitrogens is 4. The first-order chi connectivity index (χ1) is 21.4. The van der Waals surface area contributed by atoms with Crippen LogP contribution in [0.15, 0.2) is 78.2 Å². The van der Waals surface area contributed by atoms with Crippen molar-refractivity contribution in [3.8, 4) is 22.3 Å². The summed E-state index contributed by atoms with van der Waals surface area (Å²) in [4.78, 5) is 35.3. The van der Waals surface area contributed by atoms with Gasteiger partial charge in [0.1, 0.15) is 29.2 Å². The van der Waals surface area contributed by atoms with Gasteiger partial charge in [-0.1, -0.05) is 24.3 Å². The first-order valence-electron chi connectivity index (χ1n) is 13.8. The highest BCUT2D eigenvalue weighted by Gasteiger charge is 2.21. The van der Waals surface area contributed by atoms with Gasteiger partial charge in [0.25, 0.3) is 16.0 Å². The van der Waals surface area contributed by atoms with E-state index in [4.69, 9.17) is 15.0 Å². The largest absolute Gasteiger partial charge is 0.383 e. The van der Waals surface area contributed by atoms with Gasteiger partial charge in [-0.05, 0) is 41.8 Å². The van der Waals surface area contributed by atoms with Gasteiger partial charge in [-0.2, -0.15) is 8.42 Å². The molecular weight excluding hydrogens is 603 g/mol. The molecule has 1 unspecified atom stereocenters. The zero-order valence-electron chi connectivity index (χ0n) is 24.5. The molecule has 0 bridgehead atoms. The Morgan fingerprint density at radius 1 is 1.07 bits per heavy atom. The predicted octanol–water partition coefficient (Wildman–Crippen LogP) is 3.98. The third kappa shape index (κ3) is 7.60. The number of carbonyl (C=O) groups excluding carboxylic acids is 1. The van der Waals surface area contributed by atoms with Gasteiger partial charge in [0.2, 0.25) is 5.43 Å². The number of ether oxygens (including phenoxy) is 1. The van der Waals surface area contributed by atoms with E-state index < -0.39 is 27.3 Å². The summed E-state index contributed by atoms with van der Waals surface area (Å²) in [7, 11) is -1.78. The maximum Gasteiger partial charge on any atom is 0.261 e. The van der Waals surface area contributed by atoms with Crippen LogP contribution in [-0.2, 0) is 28.4 Å². The van der Waals surface area contributed by atoms with E-state index in [1.54, 1.807) is 36.7 Å². The van der Waals surface area contributed by atoms with E-state index >= 15 is 0 Å². The molecule has 6 rings (SSSR count). The average molecular weight is 635 g/mol. The Labute approximate surface area is 258 Å². The van der Waals surface area contributed by atoms with Crippen LogP contribution in [0.2, 0.25) is 0 Å². The number of rotatable bonds is 6. The zero-order chi connectivity index (χ0) is 32.3. The number of nitrogen functional groups attached to an aromatic ring is 1. The molecule has 12 nitrogen and oxygen atoms in total. The molecule has 4 N–H and O–H groups in total. The number of amides is 1. The van der Waals surface area contributed by atoms with Crippen LogP contribution in [0.4, 0.5) is 15.9 Å². The molecule has 1 fully saturated rings. The Balaban J connectivity index is 0.000000743. The molecule has 234 valence electrons. The molecule has 14 heteroatoms. The van der Waals surface area contributed by atoms with Gasteiger partial charge >= 0.3 is 0 Å². The highest BCUT2D eigenvalue weighted by atomic mass is 32.2. The van der Waals surface area contributed by atoms with Crippen LogP contribution in [0, 0.1) is 11.7 Å². The van der Waals surface area contributed by atoms with E-state index in [0.717, 1.165) is 28.6 Å². The minimum absolute atomic E-state index is 0.00351. The number of anilines is 2. The van der Waals surface area contributed by atoms with Crippen LogP contribution in [0.3, 0.4) is 0 Å². The van der Waals surface area contributed by atoms with Gasteiger partial charge in [-0.3, -0.25) is 14.1 Å². The number of halogens is 1. The Morgan fingerprint density at radius 2 is 1.71 bits per heavy atom. The molecule has 3 aromatic heterocycles. The van der Waals surface area contributed by atoms with Crippen LogP contribution in [-0.4, -0.2) is 57.4 Å². The molecule has 0 radical (unpaired) electrons. The third-order valence-corrected chi connectivity index (χ3v) is 7.21. The molecule has 2 aromatic carbocycles. The topological polar surface area (TPSA) is 171 Å². The third-order valence-electron chi connectivity index (χ3n) is 7.21. The van der Waals surface area contributed by atoms with E-state index in [9.17, 15) is 22.4 Å². The van der Waals surface area contributed by atoms with Crippen molar-refractivity contribution in [1.82, 2.24) is 19.1 Å². The summed E-state index contributed by atoms with van der Waals surface area (Å²) in [6.45, 7) is 1.92. The van der Waals surface area contributed by atoms with Crippen molar-refractivity contribution in [2.45, 2.75) is 13.0 Å². The zero-order valence-corrected chi connectivity index (χ0v) is 25.3. The minimum Gasteiger partial charge on any atom is -0.383 e. The molecule has 0 saturated carbocycles. The van der Waals surface area contributed by atoms with Crippen molar-refractivity contribution in [2.75, 3.05) is 30.5 Å². The van der Waals surface area contributed by atoms with Crippen LogP contribution in [0.25, 0.3) is 33.3 Å². The van der Waals surface area contributed by atoms with Gasteiger partial charge < -0.3 is 24.9 Å². The van der Waals surface area contributed by atoms with Crippen LogP contribution >= 0.6 is 0 Å². The molecule has 0 spiro atoms. The molecule has 0 aliphatic carbocycles. The summed E-state index contributed by atoms with van der Waals surface area (Å²) in [5.74, 6) is -0.260. The summed E-state index contributed by atoms with van der Waals surface area (Å²) in [6, 6.07) is 13.0. The minimum atomic E-state index is -3.67. The number of benzene rings is 2. The van der Waals surface area contributed by atoms with Gasteiger partial charge in [0.15, 0.2) is 0 Å². The molecule has 1 amide bonds. The van der Waals surface area contributed by atoms with Crippen LogP contribution < -0.4 is 16.5 Å². The number of nitrogens with two attached hydrogens (primary N) is 1. The lowest BCUT2D eigenvalue weighted by atomic mass is 10.0. The van der Waals surface area contributed by atoms with Crippen molar-refractivity contribution in [3.63, 3.8) is 0 Å². The highest BCUT2D eigenvalue weighted by molar-refractivity contribution is 7.85. The van der Waals surface area contributed by atoms with Gasteiger partial charge in [0.05, 0.1) is 18.2 Å². The molecule has 1 aliphatic rings. The normalized spacial score (nSPS) is 14.6. The summed E-state index contributed by atoms with van der Waals surface area (Å²) in [5.41, 5.74) is 9.59. The molecule has 1 saturated heterocycles. The number of fused-ring (bicyclic) bond motifs is 1. The Hall–Kier alpha value is -4.92. The second kappa shape index (κ2) is 13.0. The number of pyridine rings is 1. The standard InChI is InChI=1S/C30H27FN6O3.CH4O3S/c1-36-13-23(26-28(32)33-17-34-29(26)36)19-4-8-22(9-5-19)35-30(39)25-15-37(12-18-10-11-40-16-18)14-24(27(25)38)20-2-6-21(31)7-3-20;1-5(2,3)4/h2-9,13-15,17-18H,10-12,16H2,1H3,(H,35,39)(H2,32,33,34);1H3,(H,2,3,4). The maximum atomic E-state index is 13.6. The van der Waals surface area contributed by atoms with E-state index in [1.807, 2.05) is 34.5 Å². The Morgan fingerprint density at radius 3 is 2.36 bits per heavy atom. The number of hydrogen-bond donors (Lipinski definition) is 3. The quantitative estimate of drug-likeness (QED) is 0.234. The average Bonchev–Trinajstić information content (AvgIpc) is 3.62. The summed E-state index contributed by atoms with van der Waals surface area (Å²) < 4.78 is 48.7. The Kier molecular flexibility index (Phi) is 9.09. The lowest BCUT2D eigenvalue weighted by Crippen LogP contribution is -2.25. The Bertz CT molecular complexity index is 2010. The fourth-order valence-corrected chi connectivity index (χ4v) is 5.14. The van der Waals surface area contributed by atoms with Gasteiger partial charge in [-0.15, -0.1) is 0 Å². The second-order valence-electron chi connectivity index (χ2n) is 10.7. The highest BCUT2D eigenvalue weighted by Crippen LogP contribution is 2.32. The van der Waals surface area contributed by atoms with E-state index in [-0.39, 0.29) is 11.5 Å². The summed E-state index contributed by atoms with van der Waals surface area (Å²) in [6.07, 6.45) is 8.28. The molecule has 45 heavy (non-hydrogen) atoms. The number of nitrogens with one attached hydrogen (secondary N) is 1. The molecule has 4 heterocycles. The van der Waals surface area contributed by atoms with Crippen molar-refractivity contribution >= 4 is 38.6 Å². The van der Waals surface area contributed by atoms with Crippen molar-refractivity contribution in [1.29, 1.82) is 0 Å². The van der Waals surface area contributed by atoms with Crippen molar-refractivity contribution in [2.24, 2.45) is 13.0 Å². The first kappa shape index (κ1) is 31.5. The van der Waals surface area contributed by atoms with E-state index in [2.05, 4.69) is 15.3 Å².